The Hall–Kier alpha value is -1.43. The minimum atomic E-state index is -4.32. The van der Waals surface area contributed by atoms with Crippen molar-refractivity contribution in [3.05, 3.63) is 23.8 Å². The van der Waals surface area contributed by atoms with Crippen LogP contribution in [0.1, 0.15) is 5.56 Å². The second-order valence-corrected chi connectivity index (χ2v) is 3.02. The SMILES string of the molecule is NC1Nc2ccc(C(F)(F)F)cc2N1. The molecular formula is C8H8F3N3. The fraction of sp³-hybridized carbons (Fsp3) is 0.250. The molecular weight excluding hydrogens is 195 g/mol. The molecule has 0 amide bonds. The van der Waals surface area contributed by atoms with Crippen molar-refractivity contribution in [1.29, 1.82) is 0 Å². The molecule has 0 aliphatic carbocycles. The Labute approximate surface area is 78.1 Å². The molecule has 4 N–H and O–H groups in total. The first-order valence-corrected chi connectivity index (χ1v) is 3.97. The normalized spacial score (nSPS) is 19.9. The minimum Gasteiger partial charge on any atom is -0.352 e. The molecule has 0 aromatic heterocycles. The van der Waals surface area contributed by atoms with E-state index in [1.165, 1.54) is 6.07 Å². The molecule has 1 aliphatic heterocycles. The maximum absolute atomic E-state index is 12.3. The number of anilines is 2. The summed E-state index contributed by atoms with van der Waals surface area (Å²) in [5.41, 5.74) is 5.73. The van der Waals surface area contributed by atoms with Gasteiger partial charge in [0.1, 0.15) is 0 Å². The van der Waals surface area contributed by atoms with Crippen LogP contribution in [0.5, 0.6) is 0 Å². The highest BCUT2D eigenvalue weighted by Gasteiger charge is 2.32. The second kappa shape index (κ2) is 2.78. The molecule has 14 heavy (non-hydrogen) atoms. The molecule has 0 bridgehead atoms. The summed E-state index contributed by atoms with van der Waals surface area (Å²) < 4.78 is 36.8. The quantitative estimate of drug-likeness (QED) is 0.602. The maximum Gasteiger partial charge on any atom is 0.416 e. The van der Waals surface area contributed by atoms with Gasteiger partial charge >= 0.3 is 6.18 Å². The molecule has 0 radical (unpaired) electrons. The topological polar surface area (TPSA) is 50.1 Å². The van der Waals surface area contributed by atoms with E-state index < -0.39 is 18.0 Å². The van der Waals surface area contributed by atoms with Crippen LogP contribution in [0.4, 0.5) is 24.5 Å². The smallest absolute Gasteiger partial charge is 0.352 e. The number of benzene rings is 1. The van der Waals surface area contributed by atoms with E-state index in [0.29, 0.717) is 11.4 Å². The lowest BCUT2D eigenvalue weighted by Gasteiger charge is -2.07. The van der Waals surface area contributed by atoms with Crippen molar-refractivity contribution >= 4 is 11.4 Å². The number of halogens is 3. The lowest BCUT2D eigenvalue weighted by molar-refractivity contribution is -0.137. The Morgan fingerprint density at radius 1 is 1.14 bits per heavy atom. The minimum absolute atomic E-state index is 0.382. The number of hydrogen-bond acceptors (Lipinski definition) is 3. The standard InChI is InChI=1S/C8H8F3N3/c9-8(10,11)4-1-2-5-6(3-4)14-7(12)13-5/h1-3,7,13-14H,12H2. The molecule has 3 nitrogen and oxygen atoms in total. The number of fused-ring (bicyclic) bond motifs is 1. The molecule has 0 saturated heterocycles. The maximum atomic E-state index is 12.3. The summed E-state index contributed by atoms with van der Waals surface area (Å²) in [4.78, 5) is 0. The van der Waals surface area contributed by atoms with Gasteiger partial charge in [-0.15, -0.1) is 0 Å². The Bertz CT molecular complexity index is 361. The van der Waals surface area contributed by atoms with Crippen LogP contribution in [-0.2, 0) is 6.18 Å². The average molecular weight is 203 g/mol. The van der Waals surface area contributed by atoms with Gasteiger partial charge in [0.25, 0.3) is 0 Å². The van der Waals surface area contributed by atoms with Crippen LogP contribution in [0.2, 0.25) is 0 Å². The molecule has 0 fully saturated rings. The summed E-state index contributed by atoms with van der Waals surface area (Å²) in [5.74, 6) is 0. The van der Waals surface area contributed by atoms with E-state index in [1.807, 2.05) is 0 Å². The van der Waals surface area contributed by atoms with Crippen LogP contribution in [0.25, 0.3) is 0 Å². The molecule has 1 heterocycles. The lowest BCUT2D eigenvalue weighted by Crippen LogP contribution is -2.31. The second-order valence-electron chi connectivity index (χ2n) is 3.02. The average Bonchev–Trinajstić information content (AvgIpc) is 2.41. The number of nitrogens with one attached hydrogen (secondary N) is 2. The van der Waals surface area contributed by atoms with Gasteiger partial charge < -0.3 is 10.6 Å². The van der Waals surface area contributed by atoms with Gasteiger partial charge in [-0.2, -0.15) is 13.2 Å². The summed E-state index contributed by atoms with van der Waals surface area (Å²) in [6, 6.07) is 3.42. The first-order chi connectivity index (χ1) is 6.47. The Kier molecular flexibility index (Phi) is 1.81. The third-order valence-electron chi connectivity index (χ3n) is 1.97. The van der Waals surface area contributed by atoms with Gasteiger partial charge in [0.05, 0.1) is 16.9 Å². The molecule has 2 rings (SSSR count). The summed E-state index contributed by atoms with van der Waals surface area (Å²) in [6.07, 6.45) is -4.84. The van der Waals surface area contributed by atoms with E-state index in [-0.39, 0.29) is 0 Å². The highest BCUT2D eigenvalue weighted by Crippen LogP contribution is 2.35. The third-order valence-corrected chi connectivity index (χ3v) is 1.97. The highest BCUT2D eigenvalue weighted by atomic mass is 19.4. The van der Waals surface area contributed by atoms with Gasteiger partial charge in [-0.1, -0.05) is 0 Å². The lowest BCUT2D eigenvalue weighted by atomic mass is 10.2. The van der Waals surface area contributed by atoms with Crippen molar-refractivity contribution in [1.82, 2.24) is 0 Å². The summed E-state index contributed by atoms with van der Waals surface area (Å²) in [7, 11) is 0. The molecule has 6 heteroatoms. The van der Waals surface area contributed by atoms with Gasteiger partial charge in [-0.3, -0.25) is 5.73 Å². The van der Waals surface area contributed by atoms with Crippen molar-refractivity contribution in [2.24, 2.45) is 5.73 Å². The van der Waals surface area contributed by atoms with Crippen LogP contribution >= 0.6 is 0 Å². The summed E-state index contributed by atoms with van der Waals surface area (Å²) >= 11 is 0. The van der Waals surface area contributed by atoms with Gasteiger partial charge in [-0.05, 0) is 18.2 Å². The number of alkyl halides is 3. The predicted octanol–water partition coefficient (Wildman–Crippen LogP) is 1.79. The molecule has 1 aromatic carbocycles. The fourth-order valence-corrected chi connectivity index (χ4v) is 1.34. The molecule has 1 unspecified atom stereocenters. The van der Waals surface area contributed by atoms with Gasteiger partial charge in [-0.25, -0.2) is 0 Å². The van der Waals surface area contributed by atoms with E-state index in [0.717, 1.165) is 12.1 Å². The van der Waals surface area contributed by atoms with E-state index in [4.69, 9.17) is 5.73 Å². The third kappa shape index (κ3) is 1.48. The zero-order valence-electron chi connectivity index (χ0n) is 7.02. The first kappa shape index (κ1) is 9.14. The van der Waals surface area contributed by atoms with Gasteiger partial charge in [0, 0.05) is 0 Å². The Morgan fingerprint density at radius 2 is 1.79 bits per heavy atom. The number of rotatable bonds is 0. The first-order valence-electron chi connectivity index (χ1n) is 3.97. The Morgan fingerprint density at radius 3 is 2.43 bits per heavy atom. The molecule has 1 atom stereocenters. The van der Waals surface area contributed by atoms with E-state index in [9.17, 15) is 13.2 Å². The van der Waals surface area contributed by atoms with E-state index in [1.54, 1.807) is 0 Å². The summed E-state index contributed by atoms with van der Waals surface area (Å²) in [6.45, 7) is 0. The Balaban J connectivity index is 2.38. The number of nitrogens with two attached hydrogens (primary N) is 1. The van der Waals surface area contributed by atoms with Crippen LogP contribution in [0.3, 0.4) is 0 Å². The van der Waals surface area contributed by atoms with Crippen LogP contribution in [-0.4, -0.2) is 6.29 Å². The highest BCUT2D eigenvalue weighted by molar-refractivity contribution is 5.74. The van der Waals surface area contributed by atoms with Gasteiger partial charge in [0.2, 0.25) is 0 Å². The van der Waals surface area contributed by atoms with Crippen molar-refractivity contribution in [3.8, 4) is 0 Å². The molecule has 76 valence electrons. The molecule has 1 aromatic rings. The van der Waals surface area contributed by atoms with E-state index in [2.05, 4.69) is 10.6 Å². The zero-order chi connectivity index (χ0) is 10.3. The van der Waals surface area contributed by atoms with Gasteiger partial charge in [0.15, 0.2) is 6.29 Å². The van der Waals surface area contributed by atoms with Crippen molar-refractivity contribution < 1.29 is 13.2 Å². The van der Waals surface area contributed by atoms with Crippen LogP contribution in [0.15, 0.2) is 18.2 Å². The van der Waals surface area contributed by atoms with E-state index >= 15 is 0 Å². The van der Waals surface area contributed by atoms with Crippen LogP contribution in [0, 0.1) is 0 Å². The van der Waals surface area contributed by atoms with Crippen molar-refractivity contribution in [2.75, 3.05) is 10.6 Å². The predicted molar refractivity (Wildman–Crippen MR) is 46.7 cm³/mol. The monoisotopic (exact) mass is 203 g/mol. The zero-order valence-corrected chi connectivity index (χ0v) is 7.02. The summed E-state index contributed by atoms with van der Waals surface area (Å²) in [5, 5.41) is 5.45. The van der Waals surface area contributed by atoms with Crippen molar-refractivity contribution in [3.63, 3.8) is 0 Å². The number of hydrogen-bond donors (Lipinski definition) is 3. The van der Waals surface area contributed by atoms with Crippen molar-refractivity contribution in [2.45, 2.75) is 12.5 Å². The molecule has 1 aliphatic rings. The molecule has 0 spiro atoms. The fourth-order valence-electron chi connectivity index (χ4n) is 1.34. The largest absolute Gasteiger partial charge is 0.416 e. The molecule has 0 saturated carbocycles. The van der Waals surface area contributed by atoms with Crippen LogP contribution < -0.4 is 16.4 Å².